The van der Waals surface area contributed by atoms with E-state index in [0.29, 0.717) is 23.5 Å². The molecule has 1 unspecified atom stereocenters. The summed E-state index contributed by atoms with van der Waals surface area (Å²) in [5, 5.41) is 0. The number of alkyl halides is 1. The number of rotatable bonds is 3. The summed E-state index contributed by atoms with van der Waals surface area (Å²) >= 11 is 2.03. The predicted octanol–water partition coefficient (Wildman–Crippen LogP) is 2.38. The Morgan fingerprint density at radius 3 is 3.06 bits per heavy atom. The number of carbonyl (C=O) groups excluding carboxylic acids is 2. The average Bonchev–Trinajstić information content (AvgIpc) is 2.70. The fourth-order valence-corrected chi connectivity index (χ4v) is 1.61. The third-order valence-electron chi connectivity index (χ3n) is 2.44. The lowest BCUT2D eigenvalue weighted by Gasteiger charge is -2.08. The van der Waals surface area contributed by atoms with E-state index >= 15 is 0 Å². The van der Waals surface area contributed by atoms with Crippen molar-refractivity contribution in [2.75, 3.05) is 6.61 Å². The highest BCUT2D eigenvalue weighted by Gasteiger charge is 2.22. The first kappa shape index (κ1) is 12.3. The zero-order valence-corrected chi connectivity index (χ0v) is 11.4. The standard InChI is InChI=1S/C12H11IO4/c1-2-9(13)12(15)17-7-3-4-11-8(5-7)10(14)6-16-11/h3-5,9H,2,6H2,1H3. The van der Waals surface area contributed by atoms with E-state index in [2.05, 4.69) is 0 Å². The van der Waals surface area contributed by atoms with Crippen LogP contribution in [0.4, 0.5) is 0 Å². The van der Waals surface area contributed by atoms with E-state index in [0.717, 1.165) is 0 Å². The number of ether oxygens (including phenoxy) is 2. The number of esters is 1. The number of Topliss-reactive ketones (excluding diaryl/α,β-unsaturated/α-hetero) is 1. The second kappa shape index (κ2) is 5.03. The molecule has 1 atom stereocenters. The minimum absolute atomic E-state index is 0.0661. The molecule has 0 saturated heterocycles. The highest BCUT2D eigenvalue weighted by Crippen LogP contribution is 2.29. The molecule has 0 spiro atoms. The number of carbonyl (C=O) groups is 2. The molecule has 17 heavy (non-hydrogen) atoms. The molecule has 4 nitrogen and oxygen atoms in total. The van der Waals surface area contributed by atoms with E-state index in [1.165, 1.54) is 0 Å². The third kappa shape index (κ3) is 2.59. The predicted molar refractivity (Wildman–Crippen MR) is 70.0 cm³/mol. The topological polar surface area (TPSA) is 52.6 Å². The molecule has 0 aromatic heterocycles. The molecule has 0 radical (unpaired) electrons. The van der Waals surface area contributed by atoms with Crippen LogP contribution in [0.5, 0.6) is 11.5 Å². The minimum Gasteiger partial charge on any atom is -0.485 e. The van der Waals surface area contributed by atoms with Crippen molar-refractivity contribution in [2.24, 2.45) is 0 Å². The Kier molecular flexibility index (Phi) is 3.66. The maximum atomic E-state index is 11.6. The van der Waals surface area contributed by atoms with Gasteiger partial charge in [-0.15, -0.1) is 0 Å². The van der Waals surface area contributed by atoms with E-state index in [1.54, 1.807) is 18.2 Å². The van der Waals surface area contributed by atoms with Crippen LogP contribution >= 0.6 is 22.6 Å². The van der Waals surface area contributed by atoms with Crippen LogP contribution in [-0.4, -0.2) is 22.3 Å². The first-order chi connectivity index (χ1) is 8.11. The lowest BCUT2D eigenvalue weighted by Crippen LogP contribution is -2.19. The molecule has 90 valence electrons. The third-order valence-corrected chi connectivity index (χ3v) is 3.83. The smallest absolute Gasteiger partial charge is 0.324 e. The average molecular weight is 346 g/mol. The van der Waals surface area contributed by atoms with Gasteiger partial charge in [-0.1, -0.05) is 29.5 Å². The van der Waals surface area contributed by atoms with Crippen LogP contribution in [0.25, 0.3) is 0 Å². The summed E-state index contributed by atoms with van der Waals surface area (Å²) in [6.45, 7) is 1.98. The van der Waals surface area contributed by atoms with Gasteiger partial charge in [-0.3, -0.25) is 9.59 Å². The van der Waals surface area contributed by atoms with Gasteiger partial charge in [0.15, 0.2) is 6.61 Å². The van der Waals surface area contributed by atoms with Crippen LogP contribution in [0, 0.1) is 0 Å². The van der Waals surface area contributed by atoms with Gasteiger partial charge in [-0.2, -0.15) is 0 Å². The summed E-state index contributed by atoms with van der Waals surface area (Å²) in [4.78, 5) is 23.0. The minimum atomic E-state index is -0.292. The van der Waals surface area contributed by atoms with E-state index in [9.17, 15) is 9.59 Å². The van der Waals surface area contributed by atoms with Crippen LogP contribution in [0.15, 0.2) is 18.2 Å². The van der Waals surface area contributed by atoms with Gasteiger partial charge in [0, 0.05) is 0 Å². The zero-order chi connectivity index (χ0) is 12.4. The Hall–Kier alpha value is -1.11. The molecule has 1 aromatic carbocycles. The van der Waals surface area contributed by atoms with Gasteiger partial charge in [0.2, 0.25) is 5.78 Å². The molecule has 1 aliphatic rings. The molecule has 1 aliphatic heterocycles. The second-order valence-corrected chi connectivity index (χ2v) is 5.17. The maximum Gasteiger partial charge on any atom is 0.324 e. The molecular weight excluding hydrogens is 335 g/mol. The number of benzene rings is 1. The Labute approximate surface area is 112 Å². The Morgan fingerprint density at radius 2 is 2.35 bits per heavy atom. The van der Waals surface area contributed by atoms with Gasteiger partial charge < -0.3 is 9.47 Å². The molecule has 0 N–H and O–H groups in total. The molecule has 0 aliphatic carbocycles. The van der Waals surface area contributed by atoms with Crippen molar-refractivity contribution in [2.45, 2.75) is 17.3 Å². The summed E-state index contributed by atoms with van der Waals surface area (Å²) in [5.41, 5.74) is 0.483. The number of ketones is 1. The van der Waals surface area contributed by atoms with E-state index in [-0.39, 0.29) is 22.3 Å². The SMILES string of the molecule is CCC(I)C(=O)Oc1ccc2c(c1)C(=O)CO2. The monoisotopic (exact) mass is 346 g/mol. The van der Waals surface area contributed by atoms with Crippen molar-refractivity contribution in [3.05, 3.63) is 23.8 Å². The van der Waals surface area contributed by atoms with Crippen molar-refractivity contribution < 1.29 is 19.1 Å². The highest BCUT2D eigenvalue weighted by atomic mass is 127. The lowest BCUT2D eigenvalue weighted by atomic mass is 10.1. The highest BCUT2D eigenvalue weighted by molar-refractivity contribution is 14.1. The van der Waals surface area contributed by atoms with E-state index in [4.69, 9.17) is 9.47 Å². The van der Waals surface area contributed by atoms with E-state index in [1.807, 2.05) is 29.5 Å². The van der Waals surface area contributed by atoms with Crippen LogP contribution in [0.3, 0.4) is 0 Å². The van der Waals surface area contributed by atoms with E-state index < -0.39 is 0 Å². The molecule has 1 heterocycles. The number of fused-ring (bicyclic) bond motifs is 1. The summed E-state index contributed by atoms with van der Waals surface area (Å²) in [7, 11) is 0. The molecule has 1 aromatic rings. The van der Waals surface area contributed by atoms with Crippen molar-refractivity contribution in [3.8, 4) is 11.5 Å². The van der Waals surface area contributed by atoms with Crippen LogP contribution < -0.4 is 9.47 Å². The van der Waals surface area contributed by atoms with Gasteiger partial charge in [-0.05, 0) is 24.6 Å². The van der Waals surface area contributed by atoms with Crippen molar-refractivity contribution in [1.29, 1.82) is 0 Å². The maximum absolute atomic E-state index is 11.6. The Morgan fingerprint density at radius 1 is 1.59 bits per heavy atom. The Bertz CT molecular complexity index is 470. The number of hydrogen-bond acceptors (Lipinski definition) is 4. The van der Waals surface area contributed by atoms with Crippen LogP contribution in [-0.2, 0) is 4.79 Å². The summed E-state index contributed by atoms with van der Waals surface area (Å²) in [5.74, 6) is 0.567. The van der Waals surface area contributed by atoms with Gasteiger partial charge in [-0.25, -0.2) is 0 Å². The first-order valence-electron chi connectivity index (χ1n) is 5.27. The lowest BCUT2D eigenvalue weighted by molar-refractivity contribution is -0.133. The number of hydrogen-bond donors (Lipinski definition) is 0. The van der Waals surface area contributed by atoms with Crippen molar-refractivity contribution in [3.63, 3.8) is 0 Å². The summed E-state index contributed by atoms with van der Waals surface area (Å²) < 4.78 is 10.2. The molecule has 0 amide bonds. The van der Waals surface area contributed by atoms with Gasteiger partial charge >= 0.3 is 5.97 Å². The molecule has 0 fully saturated rings. The van der Waals surface area contributed by atoms with Crippen molar-refractivity contribution in [1.82, 2.24) is 0 Å². The molecule has 0 bridgehead atoms. The fourth-order valence-electron chi connectivity index (χ4n) is 1.48. The van der Waals surface area contributed by atoms with Gasteiger partial charge in [0.05, 0.1) is 5.56 Å². The summed E-state index contributed by atoms with van der Waals surface area (Å²) in [6, 6.07) is 4.84. The molecular formula is C12H11IO4. The zero-order valence-electron chi connectivity index (χ0n) is 9.23. The van der Waals surface area contributed by atoms with Crippen LogP contribution in [0.2, 0.25) is 0 Å². The quantitative estimate of drug-likeness (QED) is 0.365. The second-order valence-electron chi connectivity index (χ2n) is 3.67. The van der Waals surface area contributed by atoms with Gasteiger partial charge in [0.25, 0.3) is 0 Å². The molecule has 5 heteroatoms. The normalized spacial score (nSPS) is 15.1. The fraction of sp³-hybridized carbons (Fsp3) is 0.333. The first-order valence-corrected chi connectivity index (χ1v) is 6.52. The number of halogens is 1. The molecule has 2 rings (SSSR count). The van der Waals surface area contributed by atoms with Crippen molar-refractivity contribution >= 4 is 34.3 Å². The van der Waals surface area contributed by atoms with Crippen LogP contribution in [0.1, 0.15) is 23.7 Å². The van der Waals surface area contributed by atoms with Gasteiger partial charge in [0.1, 0.15) is 15.4 Å². The molecule has 0 saturated carbocycles. The largest absolute Gasteiger partial charge is 0.485 e. The summed E-state index contributed by atoms with van der Waals surface area (Å²) in [6.07, 6.45) is 0.715. The Balaban J connectivity index is 2.16.